The number of hydrogen-bond donors (Lipinski definition) is 2. The summed E-state index contributed by atoms with van der Waals surface area (Å²) in [6.45, 7) is 18.9. The molecule has 2 N–H and O–H groups in total. The van der Waals surface area contributed by atoms with Crippen LogP contribution in [-0.2, 0) is 19.0 Å². The summed E-state index contributed by atoms with van der Waals surface area (Å²) in [5, 5.41) is 6.22. The Morgan fingerprint density at radius 3 is 2.28 bits per heavy atom. The fourth-order valence-corrected chi connectivity index (χ4v) is 4.68. The molecule has 0 saturated heterocycles. The number of carbonyl (C=O) groups excluding carboxylic acids is 1. The molecule has 0 aliphatic rings. The zero-order valence-electron chi connectivity index (χ0n) is 21.3. The largest absolute Gasteiger partial charge is 0.379 e. The van der Waals surface area contributed by atoms with Crippen molar-refractivity contribution in [2.24, 2.45) is 5.92 Å². The summed E-state index contributed by atoms with van der Waals surface area (Å²) in [6.07, 6.45) is 2.44. The number of nitrogens with one attached hydrogen (secondary N) is 2. The summed E-state index contributed by atoms with van der Waals surface area (Å²) in [5.41, 5.74) is 0.164. The van der Waals surface area contributed by atoms with Gasteiger partial charge in [-0.3, -0.25) is 4.79 Å². The van der Waals surface area contributed by atoms with E-state index in [0.29, 0.717) is 58.0 Å². The highest BCUT2D eigenvalue weighted by atomic mass is 33.1. The molecule has 32 heavy (non-hydrogen) atoms. The molecule has 0 heterocycles. The Morgan fingerprint density at radius 2 is 1.66 bits per heavy atom. The molecule has 0 aromatic carbocycles. The summed E-state index contributed by atoms with van der Waals surface area (Å²) in [7, 11) is 3.68. The van der Waals surface area contributed by atoms with Crippen molar-refractivity contribution in [2.75, 3.05) is 46.1 Å². The third kappa shape index (κ3) is 24.2. The topological polar surface area (TPSA) is 68.8 Å². The van der Waals surface area contributed by atoms with Gasteiger partial charge in [-0.25, -0.2) is 0 Å². The van der Waals surface area contributed by atoms with Crippen LogP contribution < -0.4 is 10.6 Å². The molecule has 0 bridgehead atoms. The van der Waals surface area contributed by atoms with Crippen molar-refractivity contribution < 1.29 is 19.0 Å². The fourth-order valence-electron chi connectivity index (χ4n) is 2.23. The van der Waals surface area contributed by atoms with E-state index < -0.39 is 0 Å². The molecule has 0 aromatic heterocycles. The molecule has 6 nitrogen and oxygen atoms in total. The Kier molecular flexibility index (Phi) is 19.7. The summed E-state index contributed by atoms with van der Waals surface area (Å²) >= 11 is 0. The fraction of sp³-hybridized carbons (Fsp3) is 0.875. The zero-order chi connectivity index (χ0) is 24.2. The summed E-state index contributed by atoms with van der Waals surface area (Å²) in [5.74, 6) is 6.21. The third-order valence-corrected chi connectivity index (χ3v) is 7.33. The second kappa shape index (κ2) is 20.0. The van der Waals surface area contributed by atoms with Crippen molar-refractivity contribution in [1.29, 1.82) is 0 Å². The van der Waals surface area contributed by atoms with Crippen LogP contribution in [0.4, 0.5) is 0 Å². The number of amides is 1. The van der Waals surface area contributed by atoms with Gasteiger partial charge >= 0.3 is 0 Å². The van der Waals surface area contributed by atoms with Gasteiger partial charge in [0.05, 0.1) is 39.6 Å². The SMILES string of the molecule is CC(C)C#CCNC(=O)CCOCCOCCO[C@H](CCCNC(C)C)SSC(C)(C)C. The van der Waals surface area contributed by atoms with Crippen LogP contribution in [0.15, 0.2) is 0 Å². The number of hydrogen-bond acceptors (Lipinski definition) is 7. The van der Waals surface area contributed by atoms with Gasteiger partial charge in [-0.2, -0.15) is 0 Å². The second-order valence-corrected chi connectivity index (χ2v) is 12.3. The van der Waals surface area contributed by atoms with Crippen molar-refractivity contribution in [1.82, 2.24) is 10.6 Å². The van der Waals surface area contributed by atoms with Gasteiger partial charge in [-0.05, 0) is 19.4 Å². The highest BCUT2D eigenvalue weighted by Gasteiger charge is 2.17. The van der Waals surface area contributed by atoms with E-state index in [-0.39, 0.29) is 16.1 Å². The molecule has 0 radical (unpaired) electrons. The number of ether oxygens (including phenoxy) is 3. The molecule has 0 unspecified atom stereocenters. The van der Waals surface area contributed by atoms with Crippen LogP contribution in [0.2, 0.25) is 0 Å². The molecular weight excluding hydrogens is 444 g/mol. The molecular formula is C24H46N2O4S2. The Bertz CT molecular complexity index is 528. The minimum atomic E-state index is -0.0439. The van der Waals surface area contributed by atoms with E-state index in [1.807, 2.05) is 35.4 Å². The lowest BCUT2D eigenvalue weighted by Gasteiger charge is -2.22. The molecule has 0 rings (SSSR count). The van der Waals surface area contributed by atoms with Crippen LogP contribution in [0, 0.1) is 17.8 Å². The minimum absolute atomic E-state index is 0.0439. The summed E-state index contributed by atoms with van der Waals surface area (Å²) in [4.78, 5) is 11.7. The number of rotatable bonds is 18. The molecule has 1 amide bonds. The summed E-state index contributed by atoms with van der Waals surface area (Å²) < 4.78 is 17.3. The highest BCUT2D eigenvalue weighted by Crippen LogP contribution is 2.39. The molecule has 0 aromatic rings. The van der Waals surface area contributed by atoms with E-state index in [1.54, 1.807) is 0 Å². The number of carbonyl (C=O) groups is 1. The van der Waals surface area contributed by atoms with Gasteiger partial charge in [0, 0.05) is 23.1 Å². The predicted molar refractivity (Wildman–Crippen MR) is 139 cm³/mol. The Labute approximate surface area is 204 Å². The molecule has 0 spiro atoms. The van der Waals surface area contributed by atoms with E-state index >= 15 is 0 Å². The Balaban J connectivity index is 3.79. The smallest absolute Gasteiger partial charge is 0.223 e. The van der Waals surface area contributed by atoms with Crippen molar-refractivity contribution in [3.8, 4) is 11.8 Å². The maximum absolute atomic E-state index is 11.7. The Morgan fingerprint density at radius 1 is 1.00 bits per heavy atom. The predicted octanol–water partition coefficient (Wildman–Crippen LogP) is 4.49. The molecule has 0 aliphatic carbocycles. The normalized spacial score (nSPS) is 12.7. The van der Waals surface area contributed by atoms with Crippen LogP contribution in [0.5, 0.6) is 0 Å². The molecule has 188 valence electrons. The first-order chi connectivity index (χ1) is 15.1. The first-order valence-corrected chi connectivity index (χ1v) is 13.9. The van der Waals surface area contributed by atoms with E-state index in [9.17, 15) is 4.79 Å². The van der Waals surface area contributed by atoms with Gasteiger partial charge in [-0.1, -0.05) is 81.9 Å². The van der Waals surface area contributed by atoms with Gasteiger partial charge in [0.15, 0.2) is 0 Å². The quantitative estimate of drug-likeness (QED) is 0.127. The van der Waals surface area contributed by atoms with Gasteiger partial charge in [-0.15, -0.1) is 0 Å². The lowest BCUT2D eigenvalue weighted by atomic mass is 10.2. The van der Waals surface area contributed by atoms with E-state index in [2.05, 4.69) is 57.1 Å². The monoisotopic (exact) mass is 490 g/mol. The third-order valence-electron chi connectivity index (χ3n) is 3.72. The van der Waals surface area contributed by atoms with Crippen LogP contribution >= 0.6 is 21.6 Å². The van der Waals surface area contributed by atoms with E-state index in [1.165, 1.54) is 0 Å². The highest BCUT2D eigenvalue weighted by molar-refractivity contribution is 8.77. The van der Waals surface area contributed by atoms with Crippen molar-refractivity contribution in [2.45, 2.75) is 84.0 Å². The average Bonchev–Trinajstić information content (AvgIpc) is 2.69. The Hall–Kier alpha value is -0.430. The van der Waals surface area contributed by atoms with E-state index in [4.69, 9.17) is 14.2 Å². The van der Waals surface area contributed by atoms with Gasteiger partial charge < -0.3 is 24.8 Å². The van der Waals surface area contributed by atoms with Crippen molar-refractivity contribution in [3.05, 3.63) is 0 Å². The van der Waals surface area contributed by atoms with Gasteiger partial charge in [0.1, 0.15) is 5.44 Å². The molecule has 0 aliphatic heterocycles. The first-order valence-electron chi connectivity index (χ1n) is 11.7. The van der Waals surface area contributed by atoms with Gasteiger partial charge in [0.2, 0.25) is 5.91 Å². The van der Waals surface area contributed by atoms with Crippen LogP contribution in [-0.4, -0.2) is 68.3 Å². The first kappa shape index (κ1) is 31.6. The standard InChI is InChI=1S/C24H46N2O4S2/c1-20(2)10-8-14-26-22(27)12-15-28-16-17-29-18-19-30-23(31-32-24(5,6)7)11-9-13-25-21(3)4/h20-21,23,25H,9,11-19H2,1-7H3,(H,26,27)/t23-/m0/s1. The summed E-state index contributed by atoms with van der Waals surface area (Å²) in [6, 6.07) is 0.514. The maximum atomic E-state index is 11.7. The molecule has 0 fully saturated rings. The zero-order valence-corrected chi connectivity index (χ0v) is 22.9. The van der Waals surface area contributed by atoms with Crippen LogP contribution in [0.1, 0.15) is 67.7 Å². The van der Waals surface area contributed by atoms with Crippen molar-refractivity contribution >= 4 is 27.5 Å². The molecule has 8 heteroatoms. The van der Waals surface area contributed by atoms with E-state index in [0.717, 1.165) is 19.4 Å². The van der Waals surface area contributed by atoms with Crippen molar-refractivity contribution in [3.63, 3.8) is 0 Å². The average molecular weight is 491 g/mol. The maximum Gasteiger partial charge on any atom is 0.223 e. The lowest BCUT2D eigenvalue weighted by Crippen LogP contribution is -2.25. The lowest BCUT2D eigenvalue weighted by molar-refractivity contribution is -0.122. The van der Waals surface area contributed by atoms with Gasteiger partial charge in [0.25, 0.3) is 0 Å². The molecule has 0 saturated carbocycles. The van der Waals surface area contributed by atoms with Crippen LogP contribution in [0.3, 0.4) is 0 Å². The minimum Gasteiger partial charge on any atom is -0.379 e. The van der Waals surface area contributed by atoms with Crippen LogP contribution in [0.25, 0.3) is 0 Å². The second-order valence-electron chi connectivity index (χ2n) is 9.07. The molecule has 1 atom stereocenters.